The van der Waals surface area contributed by atoms with Crippen molar-refractivity contribution in [1.29, 1.82) is 0 Å². The minimum Gasteiger partial charge on any atom is -0.411 e. The summed E-state index contributed by atoms with van der Waals surface area (Å²) in [7, 11) is -2.83. The van der Waals surface area contributed by atoms with Gasteiger partial charge in [-0.1, -0.05) is 65.3 Å². The maximum Gasteiger partial charge on any atom is 0.316 e. The third-order valence-corrected chi connectivity index (χ3v) is 6.78. The van der Waals surface area contributed by atoms with Crippen molar-refractivity contribution in [1.82, 2.24) is 15.5 Å². The van der Waals surface area contributed by atoms with Crippen LogP contribution in [0.4, 0.5) is 0 Å². The normalized spacial score (nSPS) is 13.2. The lowest BCUT2D eigenvalue weighted by atomic mass is 10.1. The molecule has 0 spiro atoms. The molecule has 0 radical (unpaired) electrons. The van der Waals surface area contributed by atoms with E-state index in [9.17, 15) is 4.57 Å². The van der Waals surface area contributed by atoms with Crippen LogP contribution in [0, 0.1) is 0 Å². The number of halogens is 1. The van der Waals surface area contributed by atoms with Crippen molar-refractivity contribution in [2.75, 3.05) is 13.2 Å². The number of aromatic nitrogens is 2. The van der Waals surface area contributed by atoms with Crippen molar-refractivity contribution < 1.29 is 18.4 Å². The first kappa shape index (κ1) is 25.1. The van der Waals surface area contributed by atoms with Crippen molar-refractivity contribution in [2.45, 2.75) is 43.2 Å². The highest BCUT2D eigenvalue weighted by Crippen LogP contribution is 2.39. The molecule has 1 heterocycles. The summed E-state index contributed by atoms with van der Waals surface area (Å²) >= 11 is 5.15. The van der Waals surface area contributed by atoms with E-state index in [1.807, 2.05) is 36.4 Å². The third-order valence-electron chi connectivity index (χ3n) is 4.67. The largest absolute Gasteiger partial charge is 0.411 e. The van der Waals surface area contributed by atoms with E-state index in [2.05, 4.69) is 55.0 Å². The molecule has 0 saturated heterocycles. The standard InChI is InChI=1S/C22H27BrN3O4PS/c1-2-5-20(18-6-3-7-19(23)14-18)32-22-26-25-21(30-22)17-10-8-16(9-11-17)15-24-12-4-13-29-31(27)28/h3,6-11,14,20,24,31H,2,4-5,12-13,15H2,1H3,(H,27,28). The Balaban J connectivity index is 1.54. The first-order valence-corrected chi connectivity index (χ1v) is 13.4. The van der Waals surface area contributed by atoms with Crippen LogP contribution in [0.3, 0.4) is 0 Å². The monoisotopic (exact) mass is 539 g/mol. The van der Waals surface area contributed by atoms with Crippen molar-refractivity contribution in [3.63, 3.8) is 0 Å². The molecule has 32 heavy (non-hydrogen) atoms. The van der Waals surface area contributed by atoms with Gasteiger partial charge in [0.2, 0.25) is 5.89 Å². The molecule has 2 N–H and O–H groups in total. The minimum atomic E-state index is -2.83. The summed E-state index contributed by atoms with van der Waals surface area (Å²) < 4.78 is 22.2. The fourth-order valence-electron chi connectivity index (χ4n) is 3.11. The van der Waals surface area contributed by atoms with E-state index in [4.69, 9.17) is 9.31 Å². The maximum absolute atomic E-state index is 10.5. The van der Waals surface area contributed by atoms with Crippen LogP contribution in [0.25, 0.3) is 11.5 Å². The van der Waals surface area contributed by atoms with E-state index in [0.717, 1.165) is 28.4 Å². The van der Waals surface area contributed by atoms with Crippen LogP contribution in [0.15, 0.2) is 62.6 Å². The molecule has 0 aliphatic rings. The van der Waals surface area contributed by atoms with Gasteiger partial charge in [-0.2, -0.15) is 0 Å². The van der Waals surface area contributed by atoms with Crippen LogP contribution in [0.1, 0.15) is 42.6 Å². The number of thioether (sulfide) groups is 1. The second-order valence-corrected chi connectivity index (χ2v) is 10.1. The van der Waals surface area contributed by atoms with E-state index in [-0.39, 0.29) is 11.9 Å². The van der Waals surface area contributed by atoms with Gasteiger partial charge in [-0.3, -0.25) is 4.57 Å². The van der Waals surface area contributed by atoms with Crippen LogP contribution in [-0.2, 0) is 15.6 Å². The van der Waals surface area contributed by atoms with Gasteiger partial charge in [0.05, 0.1) is 6.61 Å². The van der Waals surface area contributed by atoms with Gasteiger partial charge in [-0.25, -0.2) is 0 Å². The molecule has 0 amide bonds. The number of hydrogen-bond donors (Lipinski definition) is 2. The van der Waals surface area contributed by atoms with Crippen LogP contribution in [0.5, 0.6) is 0 Å². The second kappa shape index (κ2) is 13.3. The predicted molar refractivity (Wildman–Crippen MR) is 131 cm³/mol. The Bertz CT molecular complexity index is 1000. The Labute approximate surface area is 201 Å². The molecule has 3 aromatic rings. The Morgan fingerprint density at radius 3 is 2.78 bits per heavy atom. The average Bonchev–Trinajstić information content (AvgIpc) is 3.25. The quantitative estimate of drug-likeness (QED) is 0.155. The Morgan fingerprint density at radius 1 is 1.25 bits per heavy atom. The predicted octanol–water partition coefficient (Wildman–Crippen LogP) is 6.01. The Hall–Kier alpha value is -1.48. The van der Waals surface area contributed by atoms with Crippen molar-refractivity contribution in [3.8, 4) is 11.5 Å². The van der Waals surface area contributed by atoms with E-state index in [0.29, 0.717) is 30.6 Å². The molecule has 7 nitrogen and oxygen atoms in total. The summed E-state index contributed by atoms with van der Waals surface area (Å²) in [6.45, 7) is 3.86. The van der Waals surface area contributed by atoms with Gasteiger partial charge in [0, 0.05) is 21.8 Å². The van der Waals surface area contributed by atoms with Gasteiger partial charge in [-0.15, -0.1) is 10.2 Å². The van der Waals surface area contributed by atoms with Gasteiger partial charge in [0.25, 0.3) is 5.22 Å². The van der Waals surface area contributed by atoms with Crippen LogP contribution < -0.4 is 5.32 Å². The second-order valence-electron chi connectivity index (χ2n) is 7.16. The smallest absolute Gasteiger partial charge is 0.316 e. The van der Waals surface area contributed by atoms with Crippen LogP contribution in [-0.4, -0.2) is 28.2 Å². The van der Waals surface area contributed by atoms with Gasteiger partial charge >= 0.3 is 8.25 Å². The zero-order valence-corrected chi connectivity index (χ0v) is 21.2. The van der Waals surface area contributed by atoms with Gasteiger partial charge in [-0.05, 0) is 54.8 Å². The molecule has 2 aromatic carbocycles. The minimum absolute atomic E-state index is 0.253. The number of nitrogens with zero attached hydrogens (tertiary/aromatic N) is 2. The number of benzene rings is 2. The summed E-state index contributed by atoms with van der Waals surface area (Å²) in [5.74, 6) is 0.507. The molecule has 172 valence electrons. The molecule has 0 fully saturated rings. The molecule has 3 rings (SSSR count). The van der Waals surface area contributed by atoms with Crippen molar-refractivity contribution in [3.05, 3.63) is 64.1 Å². The first-order valence-electron chi connectivity index (χ1n) is 10.5. The van der Waals surface area contributed by atoms with Gasteiger partial charge in [0.1, 0.15) is 0 Å². The molecule has 0 aliphatic carbocycles. The Morgan fingerprint density at radius 2 is 2.06 bits per heavy atom. The summed E-state index contributed by atoms with van der Waals surface area (Å²) in [6.07, 6.45) is 2.76. The SMILES string of the molecule is CCCC(Sc1nnc(-c2ccc(CNCCCO[PH](=O)O)cc2)o1)c1cccc(Br)c1. The highest BCUT2D eigenvalue weighted by Gasteiger charge is 2.17. The molecule has 2 atom stereocenters. The van der Waals surface area contributed by atoms with E-state index in [1.165, 1.54) is 5.56 Å². The van der Waals surface area contributed by atoms with E-state index >= 15 is 0 Å². The first-order chi connectivity index (χ1) is 15.5. The van der Waals surface area contributed by atoms with Crippen LogP contribution >= 0.6 is 35.9 Å². The topological polar surface area (TPSA) is 97.5 Å². The summed E-state index contributed by atoms with van der Waals surface area (Å²) in [6, 6.07) is 16.3. The third kappa shape index (κ3) is 8.14. The van der Waals surface area contributed by atoms with Gasteiger partial charge < -0.3 is 19.2 Å². The molecular weight excluding hydrogens is 513 g/mol. The van der Waals surface area contributed by atoms with Gasteiger partial charge in [0.15, 0.2) is 0 Å². The maximum atomic E-state index is 10.5. The lowest BCUT2D eigenvalue weighted by molar-refractivity contribution is 0.276. The van der Waals surface area contributed by atoms with Crippen LogP contribution in [0.2, 0.25) is 0 Å². The molecular formula is C22H27BrN3O4PS. The lowest BCUT2D eigenvalue weighted by Gasteiger charge is -2.14. The van der Waals surface area contributed by atoms with Crippen molar-refractivity contribution >= 4 is 35.9 Å². The summed E-state index contributed by atoms with van der Waals surface area (Å²) in [5, 5.41) is 12.6. The molecule has 1 aromatic heterocycles. The zero-order chi connectivity index (χ0) is 22.8. The highest BCUT2D eigenvalue weighted by molar-refractivity contribution is 9.10. The number of hydrogen-bond acceptors (Lipinski definition) is 7. The van der Waals surface area contributed by atoms with E-state index in [1.54, 1.807) is 11.8 Å². The highest BCUT2D eigenvalue weighted by atomic mass is 79.9. The number of rotatable bonds is 13. The molecule has 10 heteroatoms. The van der Waals surface area contributed by atoms with E-state index < -0.39 is 8.25 Å². The molecule has 0 saturated carbocycles. The average molecular weight is 540 g/mol. The molecule has 0 bridgehead atoms. The lowest BCUT2D eigenvalue weighted by Crippen LogP contribution is -2.15. The zero-order valence-electron chi connectivity index (χ0n) is 17.8. The fraction of sp³-hybridized carbons (Fsp3) is 0.364. The molecule has 2 unspecified atom stereocenters. The summed E-state index contributed by atoms with van der Waals surface area (Å²) in [5.41, 5.74) is 3.24. The van der Waals surface area contributed by atoms with Crippen molar-refractivity contribution in [2.24, 2.45) is 0 Å². The number of nitrogens with one attached hydrogen (secondary N) is 1. The molecule has 0 aliphatic heterocycles. The fourth-order valence-corrected chi connectivity index (χ4v) is 4.94. The Kier molecular flexibility index (Phi) is 10.4. The summed E-state index contributed by atoms with van der Waals surface area (Å²) in [4.78, 5) is 8.62.